The number of aryl methyl sites for hydroxylation is 1. The molecular weight excluding hydrogens is 331 g/mol. The highest BCUT2D eigenvalue weighted by Gasteiger charge is 2.20. The number of rotatable bonds is 6. The molecule has 1 atom stereocenters. The van der Waals surface area contributed by atoms with E-state index in [-0.39, 0.29) is 11.9 Å². The van der Waals surface area contributed by atoms with E-state index in [9.17, 15) is 4.39 Å². The minimum Gasteiger partial charge on any atom is -0.306 e. The van der Waals surface area contributed by atoms with Gasteiger partial charge in [-0.05, 0) is 54.8 Å². The smallest absolute Gasteiger partial charge is 0.128 e. The summed E-state index contributed by atoms with van der Waals surface area (Å²) in [6, 6.07) is 6.91. The Hall–Kier alpha value is -1.26. The molecule has 2 aromatic rings. The Bertz CT molecular complexity index is 601. The number of aromatic nitrogens is 1. The standard InChI is InChI=1S/C17H20BrFN2/c1-3-8-21-17(14-7-9-20-11-12(14)4-2)15-10-13(18)5-6-16(15)19/h5-7,9-11,17,21H,3-4,8H2,1-2H3. The Morgan fingerprint density at radius 2 is 2.05 bits per heavy atom. The number of hydrogen-bond acceptors (Lipinski definition) is 2. The number of pyridine rings is 1. The first-order valence-electron chi connectivity index (χ1n) is 7.28. The molecule has 4 heteroatoms. The minimum atomic E-state index is -0.189. The van der Waals surface area contributed by atoms with E-state index in [0.29, 0.717) is 5.56 Å². The van der Waals surface area contributed by atoms with Crippen LogP contribution in [0.2, 0.25) is 0 Å². The van der Waals surface area contributed by atoms with E-state index in [2.05, 4.69) is 40.1 Å². The molecule has 0 amide bonds. The first-order chi connectivity index (χ1) is 10.2. The van der Waals surface area contributed by atoms with Crippen LogP contribution in [0.15, 0.2) is 41.1 Å². The molecule has 0 aliphatic rings. The van der Waals surface area contributed by atoms with Crippen molar-refractivity contribution >= 4 is 15.9 Å². The van der Waals surface area contributed by atoms with Crippen molar-refractivity contribution in [2.24, 2.45) is 0 Å². The van der Waals surface area contributed by atoms with Crippen LogP contribution in [0.3, 0.4) is 0 Å². The van der Waals surface area contributed by atoms with Crippen molar-refractivity contribution in [2.75, 3.05) is 6.54 Å². The fourth-order valence-corrected chi connectivity index (χ4v) is 2.81. The first kappa shape index (κ1) is 16.1. The average molecular weight is 351 g/mol. The van der Waals surface area contributed by atoms with E-state index in [1.165, 1.54) is 6.07 Å². The zero-order chi connectivity index (χ0) is 15.2. The lowest BCUT2D eigenvalue weighted by molar-refractivity contribution is 0.544. The van der Waals surface area contributed by atoms with Crippen LogP contribution in [0.4, 0.5) is 4.39 Å². The average Bonchev–Trinajstić information content (AvgIpc) is 2.51. The highest BCUT2D eigenvalue weighted by Crippen LogP contribution is 2.29. The van der Waals surface area contributed by atoms with Crippen LogP contribution in [-0.4, -0.2) is 11.5 Å². The van der Waals surface area contributed by atoms with E-state index < -0.39 is 0 Å². The summed E-state index contributed by atoms with van der Waals surface area (Å²) in [5, 5.41) is 3.46. The Labute approximate surface area is 133 Å². The van der Waals surface area contributed by atoms with Gasteiger partial charge in [-0.15, -0.1) is 0 Å². The van der Waals surface area contributed by atoms with Gasteiger partial charge in [0.2, 0.25) is 0 Å². The molecular formula is C17H20BrFN2. The van der Waals surface area contributed by atoms with Gasteiger partial charge in [-0.2, -0.15) is 0 Å². The van der Waals surface area contributed by atoms with Crippen LogP contribution in [0.25, 0.3) is 0 Å². The summed E-state index contributed by atoms with van der Waals surface area (Å²) < 4.78 is 15.2. The third-order valence-electron chi connectivity index (χ3n) is 3.50. The summed E-state index contributed by atoms with van der Waals surface area (Å²) in [5.41, 5.74) is 2.90. The summed E-state index contributed by atoms with van der Waals surface area (Å²) in [6.45, 7) is 5.03. The SMILES string of the molecule is CCCNC(c1cc(Br)ccc1F)c1ccncc1CC. The lowest BCUT2D eigenvalue weighted by Crippen LogP contribution is -2.25. The molecule has 0 radical (unpaired) electrons. The summed E-state index contributed by atoms with van der Waals surface area (Å²) in [5.74, 6) is -0.189. The second-order valence-corrected chi connectivity index (χ2v) is 5.90. The zero-order valence-corrected chi connectivity index (χ0v) is 14.0. The summed E-state index contributed by atoms with van der Waals surface area (Å²) >= 11 is 3.43. The fraction of sp³-hybridized carbons (Fsp3) is 0.353. The van der Waals surface area contributed by atoms with Gasteiger partial charge >= 0.3 is 0 Å². The van der Waals surface area contributed by atoms with E-state index in [4.69, 9.17) is 0 Å². The van der Waals surface area contributed by atoms with Crippen LogP contribution in [-0.2, 0) is 6.42 Å². The van der Waals surface area contributed by atoms with E-state index in [1.807, 2.05) is 18.3 Å². The number of halogens is 2. The van der Waals surface area contributed by atoms with Crippen LogP contribution < -0.4 is 5.32 Å². The van der Waals surface area contributed by atoms with Crippen molar-refractivity contribution in [1.29, 1.82) is 0 Å². The minimum absolute atomic E-state index is 0.152. The summed E-state index contributed by atoms with van der Waals surface area (Å²) in [7, 11) is 0. The lowest BCUT2D eigenvalue weighted by atomic mass is 9.94. The third-order valence-corrected chi connectivity index (χ3v) is 3.99. The Balaban J connectivity index is 2.49. The van der Waals surface area contributed by atoms with Gasteiger partial charge in [-0.25, -0.2) is 4.39 Å². The second kappa shape index (κ2) is 7.66. The fourth-order valence-electron chi connectivity index (χ4n) is 2.43. The molecule has 21 heavy (non-hydrogen) atoms. The molecule has 112 valence electrons. The lowest BCUT2D eigenvalue weighted by Gasteiger charge is -2.22. The second-order valence-electron chi connectivity index (χ2n) is 4.98. The molecule has 1 unspecified atom stereocenters. The molecule has 0 saturated carbocycles. The van der Waals surface area contributed by atoms with Crippen molar-refractivity contribution in [1.82, 2.24) is 10.3 Å². The maximum Gasteiger partial charge on any atom is 0.128 e. The largest absolute Gasteiger partial charge is 0.306 e. The van der Waals surface area contributed by atoms with Crippen molar-refractivity contribution in [3.05, 3.63) is 63.6 Å². The first-order valence-corrected chi connectivity index (χ1v) is 8.07. The van der Waals surface area contributed by atoms with Crippen LogP contribution in [0, 0.1) is 5.82 Å². The maximum atomic E-state index is 14.3. The van der Waals surface area contributed by atoms with Gasteiger partial charge in [-0.3, -0.25) is 4.98 Å². The Morgan fingerprint density at radius 1 is 1.24 bits per heavy atom. The van der Waals surface area contributed by atoms with Gasteiger partial charge < -0.3 is 5.32 Å². The molecule has 1 heterocycles. The normalized spacial score (nSPS) is 12.4. The third kappa shape index (κ3) is 3.89. The molecule has 1 aromatic heterocycles. The Kier molecular flexibility index (Phi) is 5.88. The molecule has 1 aromatic carbocycles. The van der Waals surface area contributed by atoms with Crippen molar-refractivity contribution < 1.29 is 4.39 Å². The molecule has 2 nitrogen and oxygen atoms in total. The van der Waals surface area contributed by atoms with E-state index in [0.717, 1.165) is 35.0 Å². The van der Waals surface area contributed by atoms with Gasteiger partial charge in [0.15, 0.2) is 0 Å². The van der Waals surface area contributed by atoms with Crippen molar-refractivity contribution in [3.8, 4) is 0 Å². The number of nitrogens with zero attached hydrogens (tertiary/aromatic N) is 1. The number of benzene rings is 1. The van der Waals surface area contributed by atoms with Crippen molar-refractivity contribution in [3.63, 3.8) is 0 Å². The molecule has 0 fully saturated rings. The molecule has 0 aliphatic heterocycles. The van der Waals surface area contributed by atoms with Gasteiger partial charge in [0.1, 0.15) is 5.82 Å². The monoisotopic (exact) mass is 350 g/mol. The van der Waals surface area contributed by atoms with Crippen LogP contribution in [0.1, 0.15) is 43.0 Å². The maximum absolute atomic E-state index is 14.3. The molecule has 0 spiro atoms. The highest BCUT2D eigenvalue weighted by molar-refractivity contribution is 9.10. The zero-order valence-electron chi connectivity index (χ0n) is 12.4. The molecule has 2 rings (SSSR count). The predicted octanol–water partition coefficient (Wildman–Crippen LogP) is 4.63. The number of hydrogen-bond donors (Lipinski definition) is 1. The van der Waals surface area contributed by atoms with Gasteiger partial charge in [0.05, 0.1) is 6.04 Å². The summed E-state index contributed by atoms with van der Waals surface area (Å²) in [6.07, 6.45) is 5.51. The molecule has 0 bridgehead atoms. The molecule has 0 saturated heterocycles. The van der Waals surface area contributed by atoms with Crippen LogP contribution >= 0.6 is 15.9 Å². The van der Waals surface area contributed by atoms with Gasteiger partial charge in [0.25, 0.3) is 0 Å². The highest BCUT2D eigenvalue weighted by atomic mass is 79.9. The number of nitrogens with one attached hydrogen (secondary N) is 1. The summed E-state index contributed by atoms with van der Waals surface area (Å²) in [4.78, 5) is 4.18. The van der Waals surface area contributed by atoms with E-state index >= 15 is 0 Å². The Morgan fingerprint density at radius 3 is 2.76 bits per heavy atom. The van der Waals surface area contributed by atoms with Gasteiger partial charge in [-0.1, -0.05) is 29.8 Å². The predicted molar refractivity (Wildman–Crippen MR) is 87.9 cm³/mol. The van der Waals surface area contributed by atoms with Crippen LogP contribution in [0.5, 0.6) is 0 Å². The molecule has 1 N–H and O–H groups in total. The van der Waals surface area contributed by atoms with Crippen molar-refractivity contribution in [2.45, 2.75) is 32.7 Å². The van der Waals surface area contributed by atoms with E-state index in [1.54, 1.807) is 12.3 Å². The quantitative estimate of drug-likeness (QED) is 0.821. The topological polar surface area (TPSA) is 24.9 Å². The molecule has 0 aliphatic carbocycles. The van der Waals surface area contributed by atoms with Gasteiger partial charge in [0, 0.05) is 22.4 Å².